The molecule has 1 radical (unpaired) electrons. The van der Waals surface area contributed by atoms with Crippen LogP contribution < -0.4 is 0 Å². The Kier molecular flexibility index (Phi) is 7.09. The van der Waals surface area contributed by atoms with Crippen LogP contribution in [0.2, 0.25) is 0 Å². The van der Waals surface area contributed by atoms with Crippen molar-refractivity contribution >= 4 is 6.29 Å². The Hall–Kier alpha value is -0.406. The molecule has 0 aliphatic heterocycles. The molecule has 0 fully saturated rings. The van der Waals surface area contributed by atoms with Crippen LogP contribution in [0.25, 0.3) is 0 Å². The van der Waals surface area contributed by atoms with E-state index >= 15 is 0 Å². The summed E-state index contributed by atoms with van der Waals surface area (Å²) in [6.07, 6.45) is 2.56. The fraction of sp³-hybridized carbons (Fsp3) is 0.444. The van der Waals surface area contributed by atoms with Crippen molar-refractivity contribution in [3.63, 3.8) is 0 Å². The Balaban J connectivity index is 0. The van der Waals surface area contributed by atoms with Crippen LogP contribution >= 0.6 is 0 Å². The van der Waals surface area contributed by atoms with Crippen LogP contribution in [0.5, 0.6) is 0 Å². The number of halogens is 2. The average molecular weight is 223 g/mol. The number of rotatable bonds is 4. The third-order valence-electron chi connectivity index (χ3n) is 1.32. The molecular formula is C9H10F2OV. The summed E-state index contributed by atoms with van der Waals surface area (Å²) in [5, 5.41) is 0. The minimum Gasteiger partial charge on any atom is -0.418 e. The third-order valence-corrected chi connectivity index (χ3v) is 1.32. The van der Waals surface area contributed by atoms with Crippen molar-refractivity contribution in [3.8, 4) is 0 Å². The predicted molar refractivity (Wildman–Crippen MR) is 42.5 cm³/mol. The zero-order chi connectivity index (χ0) is 9.78. The van der Waals surface area contributed by atoms with Gasteiger partial charge in [-0.05, 0) is 6.29 Å². The topological polar surface area (TPSA) is 17.1 Å². The van der Waals surface area contributed by atoms with Crippen LogP contribution in [0.15, 0.2) is 17.2 Å². The van der Waals surface area contributed by atoms with Crippen LogP contribution in [-0.2, 0) is 23.4 Å². The first kappa shape index (κ1) is 15.1. The Bertz CT molecular complexity index is 216. The van der Waals surface area contributed by atoms with Gasteiger partial charge in [0.1, 0.15) is 0 Å². The normalized spacial score (nSPS) is 11.8. The summed E-state index contributed by atoms with van der Waals surface area (Å²) >= 11 is 0. The number of hydrogen-bond acceptors (Lipinski definition) is 1. The van der Waals surface area contributed by atoms with Gasteiger partial charge in [0.15, 0.2) is 0 Å². The molecule has 0 aromatic heterocycles. The summed E-state index contributed by atoms with van der Waals surface area (Å²) < 4.78 is 25.0. The molecule has 13 heavy (non-hydrogen) atoms. The summed E-state index contributed by atoms with van der Waals surface area (Å²) in [6, 6.07) is 0. The molecule has 0 aromatic rings. The number of hydrogen-bond donors (Lipinski definition) is 0. The van der Waals surface area contributed by atoms with Gasteiger partial charge in [0.25, 0.3) is 0 Å². The largest absolute Gasteiger partial charge is 2.00 e. The van der Waals surface area contributed by atoms with Gasteiger partial charge >= 0.3 is 18.6 Å². The second-order valence-corrected chi connectivity index (χ2v) is 2.48. The van der Waals surface area contributed by atoms with Crippen molar-refractivity contribution in [2.45, 2.75) is 26.2 Å². The molecule has 0 rings (SSSR count). The van der Waals surface area contributed by atoms with Gasteiger partial charge in [-0.25, -0.2) is 20.4 Å². The van der Waals surface area contributed by atoms with Crippen molar-refractivity contribution in [2.75, 3.05) is 0 Å². The second kappa shape index (κ2) is 6.11. The summed E-state index contributed by atoms with van der Waals surface area (Å²) in [7, 11) is 0. The van der Waals surface area contributed by atoms with E-state index in [0.29, 0.717) is 13.3 Å². The van der Waals surface area contributed by atoms with E-state index in [9.17, 15) is 13.6 Å². The summed E-state index contributed by atoms with van der Waals surface area (Å²) in [5.41, 5.74) is -0.461. The molecule has 0 N–H and O–H groups in total. The Morgan fingerprint density at radius 2 is 2.08 bits per heavy atom. The predicted octanol–water partition coefficient (Wildman–Crippen LogP) is 2.44. The van der Waals surface area contributed by atoms with Gasteiger partial charge in [-0.2, -0.15) is 0 Å². The summed E-state index contributed by atoms with van der Waals surface area (Å²) in [5.74, 6) is -3.17. The molecule has 0 aromatic carbocycles. The first-order chi connectivity index (χ1) is 5.41. The Morgan fingerprint density at radius 1 is 1.62 bits per heavy atom. The maximum Gasteiger partial charge on any atom is 2.00 e. The van der Waals surface area contributed by atoms with E-state index in [0.717, 1.165) is 6.08 Å². The summed E-state index contributed by atoms with van der Waals surface area (Å²) in [6.45, 7) is 7.62. The number of alkyl halides is 2. The van der Waals surface area contributed by atoms with Crippen LogP contribution in [0, 0.1) is 6.58 Å². The van der Waals surface area contributed by atoms with E-state index in [1.165, 1.54) is 6.29 Å². The van der Waals surface area contributed by atoms with Gasteiger partial charge in [0.05, 0.1) is 0 Å². The molecule has 1 nitrogen and oxygen atoms in total. The fourth-order valence-electron chi connectivity index (χ4n) is 0.533. The molecular weight excluding hydrogens is 213 g/mol. The molecule has 4 heteroatoms. The third kappa shape index (κ3) is 5.78. The smallest absolute Gasteiger partial charge is 0.418 e. The van der Waals surface area contributed by atoms with Gasteiger partial charge in [0.2, 0.25) is 5.92 Å². The Labute approximate surface area is 88.8 Å². The van der Waals surface area contributed by atoms with Crippen molar-refractivity contribution in [1.29, 1.82) is 0 Å². The number of allylic oxidation sites excluding steroid dienone is 3. The molecule has 0 aliphatic rings. The van der Waals surface area contributed by atoms with Crippen molar-refractivity contribution < 1.29 is 32.1 Å². The van der Waals surface area contributed by atoms with Crippen LogP contribution in [0.3, 0.4) is 0 Å². The Morgan fingerprint density at radius 3 is 2.31 bits per heavy atom. The molecule has 0 atom stereocenters. The minimum absolute atomic E-state index is 0. The molecule has 0 bridgehead atoms. The minimum atomic E-state index is -3.17. The zero-order valence-electron chi connectivity index (χ0n) is 7.47. The molecule has 0 unspecified atom stereocenters. The van der Waals surface area contributed by atoms with Crippen molar-refractivity contribution in [2.24, 2.45) is 0 Å². The average Bonchev–Trinajstić information content (AvgIpc) is 1.97. The number of carbonyl (C=O) groups excluding carboxylic acids is 1. The molecule has 0 saturated carbocycles. The van der Waals surface area contributed by atoms with E-state index in [4.69, 9.17) is 6.58 Å². The van der Waals surface area contributed by atoms with Gasteiger partial charge < -0.3 is 4.79 Å². The fourth-order valence-corrected chi connectivity index (χ4v) is 0.533. The standard InChI is InChI=1S/C9H10F2O.V/c1-4-7(2)5-8(6-12)9(3,10)11;/h2,5H,4H2,1,3H3;/q-2;+2/b8-5+;. The molecule has 0 heterocycles. The first-order valence-electron chi connectivity index (χ1n) is 3.51. The van der Waals surface area contributed by atoms with Crippen LogP contribution in [0.1, 0.15) is 20.3 Å². The van der Waals surface area contributed by atoms with Gasteiger partial charge in [-0.3, -0.25) is 6.58 Å². The molecule has 0 saturated heterocycles. The maximum atomic E-state index is 12.5. The van der Waals surface area contributed by atoms with E-state index < -0.39 is 11.5 Å². The quantitative estimate of drug-likeness (QED) is 0.406. The van der Waals surface area contributed by atoms with Gasteiger partial charge in [-0.1, -0.05) is 13.3 Å². The summed E-state index contributed by atoms with van der Waals surface area (Å²) in [4.78, 5) is 10.1. The van der Waals surface area contributed by atoms with Crippen LogP contribution in [0.4, 0.5) is 8.78 Å². The van der Waals surface area contributed by atoms with E-state index in [-0.39, 0.29) is 24.1 Å². The first-order valence-corrected chi connectivity index (χ1v) is 3.51. The molecule has 0 amide bonds. The van der Waals surface area contributed by atoms with E-state index in [2.05, 4.69) is 0 Å². The van der Waals surface area contributed by atoms with Crippen molar-refractivity contribution in [1.82, 2.24) is 0 Å². The monoisotopic (exact) mass is 223 g/mol. The molecule has 0 aliphatic carbocycles. The van der Waals surface area contributed by atoms with Crippen molar-refractivity contribution in [3.05, 3.63) is 23.8 Å². The molecule has 71 valence electrons. The van der Waals surface area contributed by atoms with Gasteiger partial charge in [-0.15, -0.1) is 5.57 Å². The van der Waals surface area contributed by atoms with E-state index in [1.54, 1.807) is 6.92 Å². The zero-order valence-corrected chi connectivity index (χ0v) is 8.87. The van der Waals surface area contributed by atoms with E-state index in [1.807, 2.05) is 0 Å². The van der Waals surface area contributed by atoms with Gasteiger partial charge in [0, 0.05) is 6.92 Å². The van der Waals surface area contributed by atoms with Crippen LogP contribution in [-0.4, -0.2) is 12.2 Å². The maximum absolute atomic E-state index is 12.5. The SMILES string of the molecule is [CH-]=C(/C=C(\[C-]=O)C(C)(F)F)CC.[V+2]. The molecule has 0 spiro atoms. The second-order valence-electron chi connectivity index (χ2n) is 2.48.